The van der Waals surface area contributed by atoms with E-state index in [4.69, 9.17) is 9.84 Å². The Labute approximate surface area is 113 Å². The minimum Gasteiger partial charge on any atom is -0.480 e. The van der Waals surface area contributed by atoms with Crippen LogP contribution in [0.3, 0.4) is 0 Å². The van der Waals surface area contributed by atoms with Crippen molar-refractivity contribution in [3.63, 3.8) is 0 Å². The quantitative estimate of drug-likeness (QED) is 0.681. The molecule has 1 saturated carbocycles. The molecule has 2 amide bonds. The Bertz CT molecular complexity index is 301. The SMILES string of the molecule is CCC1CCC(NC(=O)NC(COC)C(=O)O)CC1. The summed E-state index contributed by atoms with van der Waals surface area (Å²) in [5, 5.41) is 14.2. The van der Waals surface area contributed by atoms with Crippen molar-refractivity contribution in [3.05, 3.63) is 0 Å². The number of rotatable bonds is 6. The van der Waals surface area contributed by atoms with Crippen LogP contribution in [0.1, 0.15) is 39.0 Å². The molecule has 1 unspecified atom stereocenters. The van der Waals surface area contributed by atoms with Crippen molar-refractivity contribution in [1.82, 2.24) is 10.6 Å². The van der Waals surface area contributed by atoms with Crippen LogP contribution < -0.4 is 10.6 Å². The number of amides is 2. The fourth-order valence-corrected chi connectivity index (χ4v) is 2.44. The molecule has 110 valence electrons. The van der Waals surface area contributed by atoms with Crippen LogP contribution in [0.4, 0.5) is 4.79 Å². The summed E-state index contributed by atoms with van der Waals surface area (Å²) < 4.78 is 4.76. The summed E-state index contributed by atoms with van der Waals surface area (Å²) in [4.78, 5) is 22.6. The van der Waals surface area contributed by atoms with Gasteiger partial charge in [0.25, 0.3) is 0 Å². The molecule has 0 aliphatic heterocycles. The lowest BCUT2D eigenvalue weighted by molar-refractivity contribution is -0.140. The van der Waals surface area contributed by atoms with Gasteiger partial charge in [-0.25, -0.2) is 9.59 Å². The molecule has 1 aliphatic rings. The average molecular weight is 272 g/mol. The third kappa shape index (κ3) is 5.46. The third-order valence-electron chi connectivity index (χ3n) is 3.70. The number of carbonyl (C=O) groups excluding carboxylic acids is 1. The standard InChI is InChI=1S/C13H24N2O4/c1-3-9-4-6-10(7-5-9)14-13(18)15-11(8-19-2)12(16)17/h9-11H,3-8H2,1-2H3,(H,16,17)(H2,14,15,18). The van der Waals surface area contributed by atoms with Gasteiger partial charge < -0.3 is 20.5 Å². The van der Waals surface area contributed by atoms with E-state index in [-0.39, 0.29) is 12.6 Å². The van der Waals surface area contributed by atoms with Gasteiger partial charge in [0.15, 0.2) is 6.04 Å². The predicted octanol–water partition coefficient (Wildman–Crippen LogP) is 1.35. The van der Waals surface area contributed by atoms with E-state index < -0.39 is 18.0 Å². The van der Waals surface area contributed by atoms with Crippen molar-refractivity contribution in [2.75, 3.05) is 13.7 Å². The van der Waals surface area contributed by atoms with Crippen LogP contribution >= 0.6 is 0 Å². The Morgan fingerprint density at radius 2 is 1.95 bits per heavy atom. The van der Waals surface area contributed by atoms with Gasteiger partial charge >= 0.3 is 12.0 Å². The summed E-state index contributed by atoms with van der Waals surface area (Å²) in [5.41, 5.74) is 0. The van der Waals surface area contributed by atoms with Gasteiger partial charge in [-0.15, -0.1) is 0 Å². The van der Waals surface area contributed by atoms with E-state index in [0.717, 1.165) is 31.6 Å². The summed E-state index contributed by atoms with van der Waals surface area (Å²) in [6.45, 7) is 2.15. The van der Waals surface area contributed by atoms with Crippen LogP contribution in [0, 0.1) is 5.92 Å². The van der Waals surface area contributed by atoms with Crippen molar-refractivity contribution in [2.45, 2.75) is 51.1 Å². The first-order valence-electron chi connectivity index (χ1n) is 6.85. The molecular weight excluding hydrogens is 248 g/mol. The van der Waals surface area contributed by atoms with Gasteiger partial charge in [-0.3, -0.25) is 0 Å². The van der Waals surface area contributed by atoms with Gasteiger partial charge in [-0.1, -0.05) is 13.3 Å². The van der Waals surface area contributed by atoms with Gasteiger partial charge in [-0.2, -0.15) is 0 Å². The Kier molecular flexibility index (Phi) is 6.62. The molecule has 6 heteroatoms. The van der Waals surface area contributed by atoms with Crippen molar-refractivity contribution in [1.29, 1.82) is 0 Å². The van der Waals surface area contributed by atoms with E-state index in [1.807, 2.05) is 0 Å². The topological polar surface area (TPSA) is 87.7 Å². The molecule has 1 rings (SSSR count). The maximum absolute atomic E-state index is 11.7. The maximum atomic E-state index is 11.7. The highest BCUT2D eigenvalue weighted by molar-refractivity contribution is 5.82. The average Bonchev–Trinajstić information content (AvgIpc) is 2.39. The van der Waals surface area contributed by atoms with Gasteiger partial charge in [0.2, 0.25) is 0 Å². The molecule has 1 aliphatic carbocycles. The summed E-state index contributed by atoms with van der Waals surface area (Å²) in [7, 11) is 1.40. The van der Waals surface area contributed by atoms with E-state index in [1.165, 1.54) is 13.5 Å². The number of aliphatic carboxylic acids is 1. The Morgan fingerprint density at radius 3 is 2.42 bits per heavy atom. The predicted molar refractivity (Wildman–Crippen MR) is 71.0 cm³/mol. The fourth-order valence-electron chi connectivity index (χ4n) is 2.44. The molecule has 3 N–H and O–H groups in total. The number of carboxylic acids is 1. The van der Waals surface area contributed by atoms with Gasteiger partial charge in [0.05, 0.1) is 6.61 Å². The molecule has 1 atom stereocenters. The lowest BCUT2D eigenvalue weighted by Gasteiger charge is -2.28. The Balaban J connectivity index is 2.32. The van der Waals surface area contributed by atoms with Crippen molar-refractivity contribution >= 4 is 12.0 Å². The minimum absolute atomic E-state index is 0.0364. The van der Waals surface area contributed by atoms with Crippen LogP contribution in [-0.2, 0) is 9.53 Å². The van der Waals surface area contributed by atoms with Gasteiger partial charge in [-0.05, 0) is 31.6 Å². The first kappa shape index (κ1) is 15.8. The van der Waals surface area contributed by atoms with Crippen molar-refractivity contribution in [2.24, 2.45) is 5.92 Å². The molecule has 0 heterocycles. The van der Waals surface area contributed by atoms with Crippen LogP contribution in [0.25, 0.3) is 0 Å². The second kappa shape index (κ2) is 7.99. The molecule has 1 fully saturated rings. The molecule has 0 aromatic rings. The monoisotopic (exact) mass is 272 g/mol. The lowest BCUT2D eigenvalue weighted by atomic mass is 9.85. The van der Waals surface area contributed by atoms with Crippen LogP contribution in [-0.4, -0.2) is 42.9 Å². The van der Waals surface area contributed by atoms with Crippen molar-refractivity contribution < 1.29 is 19.4 Å². The summed E-state index contributed by atoms with van der Waals surface area (Å²) >= 11 is 0. The van der Waals surface area contributed by atoms with E-state index in [9.17, 15) is 9.59 Å². The second-order valence-electron chi connectivity index (χ2n) is 5.09. The van der Waals surface area contributed by atoms with E-state index in [1.54, 1.807) is 0 Å². The van der Waals surface area contributed by atoms with Crippen LogP contribution in [0.2, 0.25) is 0 Å². The van der Waals surface area contributed by atoms with Crippen LogP contribution in [0.15, 0.2) is 0 Å². The molecule has 6 nitrogen and oxygen atoms in total. The highest BCUT2D eigenvalue weighted by atomic mass is 16.5. The Hall–Kier alpha value is -1.30. The fraction of sp³-hybridized carbons (Fsp3) is 0.846. The zero-order valence-corrected chi connectivity index (χ0v) is 11.6. The summed E-state index contributed by atoms with van der Waals surface area (Å²) in [6.07, 6.45) is 5.37. The molecule has 0 saturated heterocycles. The molecule has 0 spiro atoms. The number of methoxy groups -OCH3 is 1. The third-order valence-corrected chi connectivity index (χ3v) is 3.70. The number of nitrogens with one attached hydrogen (secondary N) is 2. The molecule has 0 aromatic heterocycles. The zero-order valence-electron chi connectivity index (χ0n) is 11.6. The number of ether oxygens (including phenoxy) is 1. The van der Waals surface area contributed by atoms with E-state index in [0.29, 0.717) is 0 Å². The molecule has 19 heavy (non-hydrogen) atoms. The molecule has 0 bridgehead atoms. The van der Waals surface area contributed by atoms with Gasteiger partial charge in [0.1, 0.15) is 0 Å². The molecule has 0 radical (unpaired) electrons. The number of hydrogen-bond acceptors (Lipinski definition) is 3. The number of hydrogen-bond donors (Lipinski definition) is 3. The maximum Gasteiger partial charge on any atom is 0.328 e. The highest BCUT2D eigenvalue weighted by Crippen LogP contribution is 2.26. The first-order valence-corrected chi connectivity index (χ1v) is 6.85. The largest absolute Gasteiger partial charge is 0.480 e. The highest BCUT2D eigenvalue weighted by Gasteiger charge is 2.24. The first-order chi connectivity index (χ1) is 9.06. The van der Waals surface area contributed by atoms with E-state index >= 15 is 0 Å². The second-order valence-corrected chi connectivity index (χ2v) is 5.09. The molecular formula is C13H24N2O4. The Morgan fingerprint density at radius 1 is 1.32 bits per heavy atom. The molecule has 0 aromatic carbocycles. The number of carbonyl (C=O) groups is 2. The van der Waals surface area contributed by atoms with Crippen LogP contribution in [0.5, 0.6) is 0 Å². The smallest absolute Gasteiger partial charge is 0.328 e. The number of carboxylic acid groups (broad SMARTS) is 1. The summed E-state index contributed by atoms with van der Waals surface area (Å²) in [6, 6.07) is -1.28. The van der Waals surface area contributed by atoms with Gasteiger partial charge in [0, 0.05) is 13.2 Å². The minimum atomic E-state index is -1.09. The summed E-state index contributed by atoms with van der Waals surface area (Å²) in [5.74, 6) is -0.326. The van der Waals surface area contributed by atoms with Crippen molar-refractivity contribution in [3.8, 4) is 0 Å². The van der Waals surface area contributed by atoms with E-state index in [2.05, 4.69) is 17.6 Å². The lowest BCUT2D eigenvalue weighted by Crippen LogP contribution is -2.51. The number of urea groups is 1. The normalized spacial score (nSPS) is 24.5. The zero-order chi connectivity index (χ0) is 14.3.